The van der Waals surface area contributed by atoms with Crippen molar-refractivity contribution in [1.82, 2.24) is 5.32 Å². The molecule has 21 heavy (non-hydrogen) atoms. The summed E-state index contributed by atoms with van der Waals surface area (Å²) in [7, 11) is 0. The van der Waals surface area contributed by atoms with Crippen molar-refractivity contribution in [3.63, 3.8) is 0 Å². The van der Waals surface area contributed by atoms with Gasteiger partial charge >= 0.3 is 0 Å². The maximum atomic E-state index is 12.3. The number of fused-ring (bicyclic) bond motifs is 1. The normalized spacial score (nSPS) is 22.8. The van der Waals surface area contributed by atoms with Crippen LogP contribution < -0.4 is 10.6 Å². The predicted molar refractivity (Wildman–Crippen MR) is 86.4 cm³/mol. The molecular weight excluding hydrogens is 260 g/mol. The van der Waals surface area contributed by atoms with Crippen molar-refractivity contribution in [2.45, 2.75) is 57.4 Å². The molecule has 1 aliphatic carbocycles. The fourth-order valence-electron chi connectivity index (χ4n) is 3.66. The third-order valence-electron chi connectivity index (χ3n) is 4.84. The molecule has 1 unspecified atom stereocenters. The van der Waals surface area contributed by atoms with Gasteiger partial charge in [0.2, 0.25) is 5.91 Å². The lowest BCUT2D eigenvalue weighted by Gasteiger charge is -2.27. The molecule has 1 aromatic carbocycles. The van der Waals surface area contributed by atoms with E-state index in [0.29, 0.717) is 5.92 Å². The highest BCUT2D eigenvalue weighted by atomic mass is 16.1. The molecule has 0 bridgehead atoms. The zero-order valence-electron chi connectivity index (χ0n) is 12.7. The molecule has 3 heteroatoms. The molecule has 1 saturated carbocycles. The van der Waals surface area contributed by atoms with Gasteiger partial charge < -0.3 is 10.6 Å². The topological polar surface area (TPSA) is 41.1 Å². The van der Waals surface area contributed by atoms with Crippen LogP contribution in [0.15, 0.2) is 24.3 Å². The fraction of sp³-hybridized carbons (Fsp3) is 0.611. The first-order valence-corrected chi connectivity index (χ1v) is 8.42. The number of carbonyl (C=O) groups excluding carboxylic acids is 1. The van der Waals surface area contributed by atoms with Crippen LogP contribution in [0.4, 0.5) is 5.69 Å². The van der Waals surface area contributed by atoms with E-state index in [0.717, 1.165) is 19.4 Å². The van der Waals surface area contributed by atoms with E-state index in [9.17, 15) is 4.79 Å². The van der Waals surface area contributed by atoms with Crippen LogP contribution >= 0.6 is 0 Å². The number of rotatable bonds is 3. The molecular formula is C18H26N2O. The van der Waals surface area contributed by atoms with E-state index in [-0.39, 0.29) is 11.9 Å². The monoisotopic (exact) mass is 286 g/mol. The molecule has 0 radical (unpaired) electrons. The van der Waals surface area contributed by atoms with E-state index in [4.69, 9.17) is 0 Å². The maximum absolute atomic E-state index is 12.3. The Hall–Kier alpha value is -1.51. The SMILES string of the molecule is O=C(CC1CCCCCC1)NC1CNc2ccccc2C1. The van der Waals surface area contributed by atoms with E-state index < -0.39 is 0 Å². The lowest BCUT2D eigenvalue weighted by atomic mass is 9.95. The number of amides is 1. The Kier molecular flexibility index (Phi) is 4.79. The largest absolute Gasteiger partial charge is 0.383 e. The first-order valence-electron chi connectivity index (χ1n) is 8.42. The van der Waals surface area contributed by atoms with E-state index in [1.165, 1.54) is 49.8 Å². The number of para-hydroxylation sites is 1. The Morgan fingerprint density at radius 2 is 1.90 bits per heavy atom. The standard InChI is InChI=1S/C18H26N2O/c21-18(11-14-7-3-1-2-4-8-14)20-16-12-15-9-5-6-10-17(15)19-13-16/h5-6,9-10,14,16,19H,1-4,7-8,11-13H2,(H,20,21). The summed E-state index contributed by atoms with van der Waals surface area (Å²) in [4.78, 5) is 12.3. The third-order valence-corrected chi connectivity index (χ3v) is 4.84. The molecule has 2 N–H and O–H groups in total. The first kappa shape index (κ1) is 14.4. The maximum Gasteiger partial charge on any atom is 0.220 e. The Balaban J connectivity index is 1.49. The van der Waals surface area contributed by atoms with Crippen LogP contribution in [0, 0.1) is 5.92 Å². The summed E-state index contributed by atoms with van der Waals surface area (Å²) < 4.78 is 0. The Morgan fingerprint density at radius 1 is 1.14 bits per heavy atom. The van der Waals surface area contributed by atoms with Crippen molar-refractivity contribution in [3.8, 4) is 0 Å². The molecule has 1 heterocycles. The van der Waals surface area contributed by atoms with Gasteiger partial charge in [0, 0.05) is 18.7 Å². The van der Waals surface area contributed by atoms with Crippen molar-refractivity contribution in [2.75, 3.05) is 11.9 Å². The minimum absolute atomic E-state index is 0.234. The summed E-state index contributed by atoms with van der Waals surface area (Å²) in [5.74, 6) is 0.851. The van der Waals surface area contributed by atoms with Crippen LogP contribution in [0.5, 0.6) is 0 Å². The van der Waals surface area contributed by atoms with E-state index in [1.807, 2.05) is 0 Å². The van der Waals surface area contributed by atoms with Gasteiger partial charge in [-0.15, -0.1) is 0 Å². The molecule has 1 aromatic rings. The second-order valence-corrected chi connectivity index (χ2v) is 6.57. The van der Waals surface area contributed by atoms with Crippen molar-refractivity contribution in [3.05, 3.63) is 29.8 Å². The van der Waals surface area contributed by atoms with Crippen LogP contribution in [0.2, 0.25) is 0 Å². The molecule has 1 fully saturated rings. The molecule has 0 aromatic heterocycles. The molecule has 1 amide bonds. The number of carbonyl (C=O) groups is 1. The molecule has 2 aliphatic rings. The average Bonchev–Trinajstić information content (AvgIpc) is 2.75. The number of nitrogens with one attached hydrogen (secondary N) is 2. The number of hydrogen-bond acceptors (Lipinski definition) is 2. The highest BCUT2D eigenvalue weighted by Gasteiger charge is 2.21. The highest BCUT2D eigenvalue weighted by molar-refractivity contribution is 5.76. The van der Waals surface area contributed by atoms with Gasteiger partial charge in [0.25, 0.3) is 0 Å². The van der Waals surface area contributed by atoms with Gasteiger partial charge in [-0.1, -0.05) is 43.9 Å². The van der Waals surface area contributed by atoms with Crippen molar-refractivity contribution >= 4 is 11.6 Å². The summed E-state index contributed by atoms with van der Waals surface area (Å²) in [5.41, 5.74) is 2.52. The van der Waals surface area contributed by atoms with Crippen LogP contribution in [-0.2, 0) is 11.2 Å². The van der Waals surface area contributed by atoms with Crippen LogP contribution in [0.1, 0.15) is 50.5 Å². The second kappa shape index (κ2) is 6.97. The molecule has 114 valence electrons. The number of hydrogen-bond donors (Lipinski definition) is 2. The zero-order chi connectivity index (χ0) is 14.5. The zero-order valence-corrected chi connectivity index (χ0v) is 12.7. The second-order valence-electron chi connectivity index (χ2n) is 6.57. The molecule has 3 nitrogen and oxygen atoms in total. The van der Waals surface area contributed by atoms with Crippen molar-refractivity contribution in [2.24, 2.45) is 5.92 Å². The number of anilines is 1. The van der Waals surface area contributed by atoms with E-state index in [1.54, 1.807) is 0 Å². The predicted octanol–water partition coefficient (Wildman–Crippen LogP) is 3.50. The van der Waals surface area contributed by atoms with Crippen LogP contribution in [0.3, 0.4) is 0 Å². The van der Waals surface area contributed by atoms with Gasteiger partial charge in [0.1, 0.15) is 0 Å². The highest BCUT2D eigenvalue weighted by Crippen LogP contribution is 2.26. The van der Waals surface area contributed by atoms with Gasteiger partial charge in [0.05, 0.1) is 6.04 Å². The Labute approximate surface area is 127 Å². The Bertz CT molecular complexity index is 478. The average molecular weight is 286 g/mol. The summed E-state index contributed by atoms with van der Waals surface area (Å²) >= 11 is 0. The molecule has 0 saturated heterocycles. The smallest absolute Gasteiger partial charge is 0.220 e. The lowest BCUT2D eigenvalue weighted by Crippen LogP contribution is -2.44. The van der Waals surface area contributed by atoms with Gasteiger partial charge in [-0.3, -0.25) is 4.79 Å². The van der Waals surface area contributed by atoms with E-state index >= 15 is 0 Å². The van der Waals surface area contributed by atoms with Crippen molar-refractivity contribution < 1.29 is 4.79 Å². The summed E-state index contributed by atoms with van der Waals surface area (Å²) in [6, 6.07) is 8.61. The summed E-state index contributed by atoms with van der Waals surface area (Å²) in [5, 5.41) is 6.64. The minimum Gasteiger partial charge on any atom is -0.383 e. The van der Waals surface area contributed by atoms with Crippen molar-refractivity contribution in [1.29, 1.82) is 0 Å². The molecule has 3 rings (SSSR count). The first-order chi connectivity index (χ1) is 10.3. The molecule has 1 atom stereocenters. The molecule has 1 aliphatic heterocycles. The van der Waals surface area contributed by atoms with E-state index in [2.05, 4.69) is 34.9 Å². The van der Waals surface area contributed by atoms with Gasteiger partial charge in [-0.05, 0) is 36.8 Å². The van der Waals surface area contributed by atoms with Gasteiger partial charge in [0.15, 0.2) is 0 Å². The summed E-state index contributed by atoms with van der Waals surface area (Å²) in [6.45, 7) is 0.841. The number of benzene rings is 1. The lowest BCUT2D eigenvalue weighted by molar-refractivity contribution is -0.122. The van der Waals surface area contributed by atoms with Gasteiger partial charge in [-0.2, -0.15) is 0 Å². The summed E-state index contributed by atoms with van der Waals surface area (Å²) in [6.07, 6.45) is 9.44. The Morgan fingerprint density at radius 3 is 2.71 bits per heavy atom. The van der Waals surface area contributed by atoms with Crippen LogP contribution in [0.25, 0.3) is 0 Å². The molecule has 0 spiro atoms. The third kappa shape index (κ3) is 3.99. The quantitative estimate of drug-likeness (QED) is 0.835. The fourth-order valence-corrected chi connectivity index (χ4v) is 3.66. The van der Waals surface area contributed by atoms with Crippen LogP contribution in [-0.4, -0.2) is 18.5 Å². The van der Waals surface area contributed by atoms with Gasteiger partial charge in [-0.25, -0.2) is 0 Å². The minimum atomic E-state index is 0.234.